The number of hydrogen-bond donors (Lipinski definition) is 1. The number of anilines is 1. The van der Waals surface area contributed by atoms with Gasteiger partial charge in [0.25, 0.3) is 0 Å². The largest absolute Gasteiger partial charge is 0.465 e. The zero-order valence-electron chi connectivity index (χ0n) is 15.5. The Labute approximate surface area is 162 Å². The molecule has 1 aliphatic heterocycles. The van der Waals surface area contributed by atoms with Gasteiger partial charge in [0.05, 0.1) is 6.20 Å². The van der Waals surface area contributed by atoms with Crippen LogP contribution in [0.5, 0.6) is 0 Å². The van der Waals surface area contributed by atoms with Gasteiger partial charge in [-0.25, -0.2) is 14.3 Å². The third-order valence-corrected chi connectivity index (χ3v) is 5.59. The van der Waals surface area contributed by atoms with Gasteiger partial charge in [-0.15, -0.1) is 0 Å². The van der Waals surface area contributed by atoms with Gasteiger partial charge in [-0.2, -0.15) is 5.10 Å². The van der Waals surface area contributed by atoms with Crippen molar-refractivity contribution in [3.8, 4) is 11.1 Å². The van der Waals surface area contributed by atoms with Gasteiger partial charge >= 0.3 is 6.09 Å². The predicted octanol–water partition coefficient (Wildman–Crippen LogP) is 2.54. The van der Waals surface area contributed by atoms with E-state index in [0.29, 0.717) is 26.2 Å². The quantitative estimate of drug-likeness (QED) is 0.751. The Morgan fingerprint density at radius 2 is 1.96 bits per heavy atom. The minimum absolute atomic E-state index is 0.489. The number of aromatic nitrogens is 4. The van der Waals surface area contributed by atoms with Crippen molar-refractivity contribution in [1.29, 1.82) is 0 Å². The van der Waals surface area contributed by atoms with E-state index in [9.17, 15) is 4.79 Å². The highest BCUT2D eigenvalue weighted by atomic mass is 16.4. The third kappa shape index (κ3) is 3.15. The van der Waals surface area contributed by atoms with Crippen LogP contribution >= 0.6 is 0 Å². The Balaban J connectivity index is 1.47. The van der Waals surface area contributed by atoms with Crippen LogP contribution in [0.2, 0.25) is 0 Å². The van der Waals surface area contributed by atoms with Crippen LogP contribution in [0.15, 0.2) is 36.8 Å². The molecule has 0 radical (unpaired) electrons. The summed E-state index contributed by atoms with van der Waals surface area (Å²) >= 11 is 0. The summed E-state index contributed by atoms with van der Waals surface area (Å²) in [5, 5.41) is 13.6. The summed E-state index contributed by atoms with van der Waals surface area (Å²) in [6, 6.07) is 6.00. The molecule has 1 aliphatic carbocycles. The fraction of sp³-hybridized carbons (Fsp3) is 0.400. The lowest BCUT2D eigenvalue weighted by Gasteiger charge is -2.33. The van der Waals surface area contributed by atoms with Crippen molar-refractivity contribution in [2.75, 3.05) is 31.1 Å². The zero-order chi connectivity index (χ0) is 19.1. The molecule has 2 fully saturated rings. The summed E-state index contributed by atoms with van der Waals surface area (Å²) in [6.45, 7) is 2.25. The van der Waals surface area contributed by atoms with Gasteiger partial charge in [0, 0.05) is 55.4 Å². The van der Waals surface area contributed by atoms with Crippen molar-refractivity contribution in [1.82, 2.24) is 24.5 Å². The molecule has 2 aliphatic rings. The number of piperazine rings is 1. The molecule has 8 heteroatoms. The normalized spacial score (nSPS) is 17.3. The number of fused-ring (bicyclic) bond motifs is 1. The van der Waals surface area contributed by atoms with Crippen molar-refractivity contribution < 1.29 is 9.90 Å². The maximum Gasteiger partial charge on any atom is 0.407 e. The summed E-state index contributed by atoms with van der Waals surface area (Å²) < 4.78 is 1.79. The molecule has 1 N–H and O–H groups in total. The van der Waals surface area contributed by atoms with E-state index < -0.39 is 6.09 Å². The van der Waals surface area contributed by atoms with Gasteiger partial charge < -0.3 is 14.9 Å². The molecule has 28 heavy (non-hydrogen) atoms. The first-order valence-electron chi connectivity index (χ1n) is 9.70. The lowest BCUT2D eigenvalue weighted by molar-refractivity contribution is 0.142. The highest BCUT2D eigenvalue weighted by Crippen LogP contribution is 2.35. The van der Waals surface area contributed by atoms with Crippen LogP contribution < -0.4 is 4.90 Å². The lowest BCUT2D eigenvalue weighted by atomic mass is 10.0. The second kappa shape index (κ2) is 6.78. The maximum atomic E-state index is 11.1. The molecule has 0 spiro atoms. The molecule has 0 unspecified atom stereocenters. The molecule has 3 aromatic rings. The van der Waals surface area contributed by atoms with Gasteiger partial charge in [0.15, 0.2) is 5.65 Å². The molecule has 3 aromatic heterocycles. The third-order valence-electron chi connectivity index (χ3n) is 5.59. The van der Waals surface area contributed by atoms with Gasteiger partial charge in [-0.1, -0.05) is 6.07 Å². The Hall–Kier alpha value is -3.16. The molecule has 1 saturated carbocycles. The highest BCUT2D eigenvalue weighted by molar-refractivity contribution is 5.79. The van der Waals surface area contributed by atoms with Crippen molar-refractivity contribution in [3.63, 3.8) is 0 Å². The van der Waals surface area contributed by atoms with Crippen molar-refractivity contribution in [2.45, 2.75) is 19.3 Å². The summed E-state index contributed by atoms with van der Waals surface area (Å²) in [5.41, 5.74) is 4.02. The number of pyridine rings is 1. The van der Waals surface area contributed by atoms with Crippen LogP contribution in [0.25, 0.3) is 16.8 Å². The number of carbonyl (C=O) groups is 1. The first-order valence-corrected chi connectivity index (χ1v) is 9.70. The first-order chi connectivity index (χ1) is 13.7. The summed E-state index contributed by atoms with van der Waals surface area (Å²) in [4.78, 5) is 24.2. The average Bonchev–Trinajstić information content (AvgIpc) is 3.44. The molecule has 0 aromatic carbocycles. The van der Waals surface area contributed by atoms with Crippen molar-refractivity contribution >= 4 is 17.6 Å². The molecule has 5 rings (SSSR count). The van der Waals surface area contributed by atoms with Crippen molar-refractivity contribution in [2.24, 2.45) is 5.92 Å². The number of hydrogen-bond acceptors (Lipinski definition) is 5. The van der Waals surface area contributed by atoms with E-state index in [1.165, 1.54) is 17.7 Å². The molecule has 8 nitrogen and oxygen atoms in total. The van der Waals surface area contributed by atoms with Crippen LogP contribution in [0.4, 0.5) is 10.6 Å². The summed E-state index contributed by atoms with van der Waals surface area (Å²) in [7, 11) is 0. The SMILES string of the molecule is O=C(O)N1CCN(c2ccn3ncc(-c4cccnc4CC4CC4)c3n2)CC1. The van der Waals surface area contributed by atoms with E-state index in [2.05, 4.69) is 21.0 Å². The van der Waals surface area contributed by atoms with Crippen LogP contribution in [0, 0.1) is 5.92 Å². The second-order valence-corrected chi connectivity index (χ2v) is 7.51. The molecular weight excluding hydrogens is 356 g/mol. The summed E-state index contributed by atoms with van der Waals surface area (Å²) in [5.74, 6) is 1.61. The summed E-state index contributed by atoms with van der Waals surface area (Å²) in [6.07, 6.45) is 8.35. The minimum atomic E-state index is -0.860. The monoisotopic (exact) mass is 378 g/mol. The lowest BCUT2D eigenvalue weighted by Crippen LogP contribution is -2.48. The zero-order valence-corrected chi connectivity index (χ0v) is 15.5. The average molecular weight is 378 g/mol. The number of carboxylic acid groups (broad SMARTS) is 1. The Kier molecular flexibility index (Phi) is 4.11. The molecular formula is C20H22N6O2. The van der Waals surface area contributed by atoms with E-state index in [-0.39, 0.29) is 0 Å². The number of nitrogens with zero attached hydrogens (tertiary/aromatic N) is 6. The highest BCUT2D eigenvalue weighted by Gasteiger charge is 2.25. The molecule has 4 heterocycles. The van der Waals surface area contributed by atoms with Crippen LogP contribution in [0.1, 0.15) is 18.5 Å². The standard InChI is InChI=1S/C20H22N6O2/c27-20(28)25-10-8-24(9-11-25)18-5-7-26-19(23-18)16(13-22-26)15-2-1-6-21-17(15)12-14-3-4-14/h1-2,5-7,13-14H,3-4,8-12H2,(H,27,28). The fourth-order valence-electron chi connectivity index (χ4n) is 3.79. The molecule has 0 atom stereocenters. The second-order valence-electron chi connectivity index (χ2n) is 7.51. The Morgan fingerprint density at radius 3 is 2.71 bits per heavy atom. The number of amides is 1. The van der Waals surface area contributed by atoms with Gasteiger partial charge in [-0.3, -0.25) is 4.98 Å². The Morgan fingerprint density at radius 1 is 1.14 bits per heavy atom. The molecule has 1 saturated heterocycles. The van der Waals surface area contributed by atoms with E-state index in [0.717, 1.165) is 40.6 Å². The molecule has 1 amide bonds. The van der Waals surface area contributed by atoms with Gasteiger partial charge in [0.1, 0.15) is 5.82 Å². The number of rotatable bonds is 4. The van der Waals surface area contributed by atoms with Crippen LogP contribution in [-0.4, -0.2) is 61.9 Å². The fourth-order valence-corrected chi connectivity index (χ4v) is 3.79. The van der Waals surface area contributed by atoms with E-state index in [1.54, 1.807) is 4.52 Å². The Bertz CT molecular complexity index is 1020. The maximum absolute atomic E-state index is 11.1. The molecule has 144 valence electrons. The van der Waals surface area contributed by atoms with Crippen molar-refractivity contribution in [3.05, 3.63) is 42.5 Å². The smallest absolute Gasteiger partial charge is 0.407 e. The molecule has 0 bridgehead atoms. The first kappa shape index (κ1) is 17.0. The van der Waals surface area contributed by atoms with Gasteiger partial charge in [0.2, 0.25) is 0 Å². The van der Waals surface area contributed by atoms with Crippen LogP contribution in [0.3, 0.4) is 0 Å². The van der Waals surface area contributed by atoms with E-state index in [1.807, 2.05) is 30.7 Å². The van der Waals surface area contributed by atoms with Gasteiger partial charge in [-0.05, 0) is 37.3 Å². The van der Waals surface area contributed by atoms with E-state index >= 15 is 0 Å². The minimum Gasteiger partial charge on any atom is -0.465 e. The topological polar surface area (TPSA) is 86.9 Å². The van der Waals surface area contributed by atoms with Crippen LogP contribution in [-0.2, 0) is 6.42 Å². The predicted molar refractivity (Wildman–Crippen MR) is 104 cm³/mol. The van der Waals surface area contributed by atoms with E-state index in [4.69, 9.17) is 10.1 Å².